The third kappa shape index (κ3) is 4.37. The predicted molar refractivity (Wildman–Crippen MR) is 85.2 cm³/mol. The lowest BCUT2D eigenvalue weighted by atomic mass is 10.1. The van der Waals surface area contributed by atoms with Crippen LogP contribution in [0.25, 0.3) is 0 Å². The zero-order valence-electron chi connectivity index (χ0n) is 13.1. The highest BCUT2D eigenvalue weighted by molar-refractivity contribution is 5.82. The number of amides is 1. The number of methoxy groups -OCH3 is 1. The van der Waals surface area contributed by atoms with E-state index in [2.05, 4.69) is 0 Å². The van der Waals surface area contributed by atoms with Gasteiger partial charge in [-0.3, -0.25) is 4.79 Å². The molecule has 0 aliphatic rings. The first-order chi connectivity index (χ1) is 11.0. The highest BCUT2D eigenvalue weighted by Crippen LogP contribution is 2.21. The Labute approximate surface area is 135 Å². The molecular formula is C18H20FNO3. The van der Waals surface area contributed by atoms with E-state index < -0.39 is 12.2 Å². The molecule has 0 fully saturated rings. The van der Waals surface area contributed by atoms with Gasteiger partial charge in [0, 0.05) is 14.2 Å². The Morgan fingerprint density at radius 2 is 1.74 bits per heavy atom. The lowest BCUT2D eigenvalue weighted by molar-refractivity contribution is -0.142. The van der Waals surface area contributed by atoms with Crippen molar-refractivity contribution in [3.8, 4) is 0 Å². The molecule has 1 N–H and O–H groups in total. The molecule has 4 nitrogen and oxygen atoms in total. The Morgan fingerprint density at radius 3 is 2.30 bits per heavy atom. The fraction of sp³-hybridized carbons (Fsp3) is 0.278. The van der Waals surface area contributed by atoms with Gasteiger partial charge in [0.25, 0.3) is 5.91 Å². The van der Waals surface area contributed by atoms with Gasteiger partial charge >= 0.3 is 0 Å². The lowest BCUT2D eigenvalue weighted by Gasteiger charge is -2.25. The van der Waals surface area contributed by atoms with Crippen LogP contribution in [0, 0.1) is 5.82 Å². The largest absolute Gasteiger partial charge is 0.387 e. The van der Waals surface area contributed by atoms with Crippen LogP contribution in [-0.4, -0.2) is 36.6 Å². The Morgan fingerprint density at radius 1 is 1.13 bits per heavy atom. The van der Waals surface area contributed by atoms with E-state index in [1.807, 2.05) is 30.3 Å². The topological polar surface area (TPSA) is 49.8 Å². The first-order valence-corrected chi connectivity index (χ1v) is 7.29. The fourth-order valence-corrected chi connectivity index (χ4v) is 2.35. The molecule has 0 spiro atoms. The zero-order chi connectivity index (χ0) is 16.8. The van der Waals surface area contributed by atoms with Crippen LogP contribution >= 0.6 is 0 Å². The molecule has 0 aliphatic heterocycles. The van der Waals surface area contributed by atoms with Crippen molar-refractivity contribution >= 4 is 5.91 Å². The summed E-state index contributed by atoms with van der Waals surface area (Å²) < 4.78 is 18.2. The Balaban J connectivity index is 2.05. The quantitative estimate of drug-likeness (QED) is 0.891. The van der Waals surface area contributed by atoms with Crippen molar-refractivity contribution in [2.45, 2.75) is 12.2 Å². The van der Waals surface area contributed by atoms with Gasteiger partial charge in [-0.1, -0.05) is 42.5 Å². The number of carbonyl (C=O) groups is 1. The number of benzene rings is 2. The molecule has 0 bridgehead atoms. The van der Waals surface area contributed by atoms with E-state index in [0.29, 0.717) is 5.56 Å². The molecule has 122 valence electrons. The normalized spacial score (nSPS) is 13.4. The van der Waals surface area contributed by atoms with Gasteiger partial charge in [-0.15, -0.1) is 0 Å². The molecule has 1 amide bonds. The molecule has 0 aliphatic carbocycles. The summed E-state index contributed by atoms with van der Waals surface area (Å²) in [5.74, 6) is -0.617. The van der Waals surface area contributed by atoms with Crippen LogP contribution in [0.1, 0.15) is 23.3 Å². The van der Waals surface area contributed by atoms with Crippen LogP contribution in [0.2, 0.25) is 0 Å². The van der Waals surface area contributed by atoms with Crippen molar-refractivity contribution in [3.63, 3.8) is 0 Å². The molecule has 2 atom stereocenters. The predicted octanol–water partition coefficient (Wildman–Crippen LogP) is 2.71. The summed E-state index contributed by atoms with van der Waals surface area (Å²) in [6.07, 6.45) is -1.61. The molecule has 23 heavy (non-hydrogen) atoms. The highest BCUT2D eigenvalue weighted by atomic mass is 19.1. The minimum Gasteiger partial charge on any atom is -0.387 e. The fourth-order valence-electron chi connectivity index (χ4n) is 2.35. The van der Waals surface area contributed by atoms with Crippen molar-refractivity contribution in [1.82, 2.24) is 4.90 Å². The van der Waals surface area contributed by atoms with Crippen LogP contribution in [0.4, 0.5) is 4.39 Å². The zero-order valence-corrected chi connectivity index (χ0v) is 13.1. The summed E-state index contributed by atoms with van der Waals surface area (Å²) in [6.45, 7) is 0.0944. The molecule has 0 saturated carbocycles. The van der Waals surface area contributed by atoms with Crippen LogP contribution in [0.5, 0.6) is 0 Å². The average Bonchev–Trinajstić information content (AvgIpc) is 2.57. The number of carbonyl (C=O) groups excluding carboxylic acids is 1. The summed E-state index contributed by atoms with van der Waals surface area (Å²) in [5, 5.41) is 10.2. The van der Waals surface area contributed by atoms with Crippen molar-refractivity contribution < 1.29 is 19.0 Å². The van der Waals surface area contributed by atoms with Crippen LogP contribution in [0.15, 0.2) is 54.6 Å². The maximum Gasteiger partial charge on any atom is 0.256 e. The van der Waals surface area contributed by atoms with E-state index in [9.17, 15) is 14.3 Å². The van der Waals surface area contributed by atoms with Gasteiger partial charge in [0.1, 0.15) is 5.82 Å². The monoisotopic (exact) mass is 317 g/mol. The summed E-state index contributed by atoms with van der Waals surface area (Å²) in [7, 11) is 3.07. The first-order valence-electron chi connectivity index (χ1n) is 7.29. The van der Waals surface area contributed by atoms with Crippen molar-refractivity contribution in [3.05, 3.63) is 71.5 Å². The van der Waals surface area contributed by atoms with Gasteiger partial charge in [0.15, 0.2) is 6.10 Å². The van der Waals surface area contributed by atoms with Gasteiger partial charge in [0.05, 0.1) is 12.6 Å². The van der Waals surface area contributed by atoms with Crippen LogP contribution < -0.4 is 0 Å². The van der Waals surface area contributed by atoms with E-state index in [1.54, 1.807) is 7.05 Å². The molecule has 2 rings (SSSR count). The molecule has 0 unspecified atom stereocenters. The molecule has 5 heteroatoms. The number of hydrogen-bond donors (Lipinski definition) is 1. The van der Waals surface area contributed by atoms with Crippen LogP contribution in [0.3, 0.4) is 0 Å². The van der Waals surface area contributed by atoms with E-state index in [4.69, 9.17) is 4.74 Å². The Kier molecular flexibility index (Phi) is 5.84. The summed E-state index contributed by atoms with van der Waals surface area (Å²) in [4.78, 5) is 13.9. The van der Waals surface area contributed by atoms with E-state index >= 15 is 0 Å². The van der Waals surface area contributed by atoms with Gasteiger partial charge < -0.3 is 14.7 Å². The number of aliphatic hydroxyl groups is 1. The second-order valence-electron chi connectivity index (χ2n) is 5.31. The minimum atomic E-state index is -0.891. The molecule has 2 aromatic carbocycles. The van der Waals surface area contributed by atoms with Crippen molar-refractivity contribution in [2.75, 3.05) is 20.7 Å². The standard InChI is InChI=1S/C18H20FNO3/c1-20(12-16(21)13-8-10-15(19)11-9-13)18(22)17(23-2)14-6-4-3-5-7-14/h3-11,16-17,21H,12H2,1-2H3/t16-,17-/m1/s1. The van der Waals surface area contributed by atoms with Gasteiger partial charge in [-0.25, -0.2) is 4.39 Å². The number of nitrogens with zero attached hydrogens (tertiary/aromatic N) is 1. The number of hydrogen-bond acceptors (Lipinski definition) is 3. The molecule has 2 aromatic rings. The van der Waals surface area contributed by atoms with E-state index in [-0.39, 0.29) is 18.3 Å². The molecule has 0 aromatic heterocycles. The van der Waals surface area contributed by atoms with Gasteiger partial charge in [0.2, 0.25) is 0 Å². The maximum absolute atomic E-state index is 12.9. The SMILES string of the molecule is CO[C@@H](C(=O)N(C)C[C@@H](O)c1ccc(F)cc1)c1ccccc1. The summed E-state index contributed by atoms with van der Waals surface area (Å²) >= 11 is 0. The van der Waals surface area contributed by atoms with Gasteiger partial charge in [-0.05, 0) is 23.3 Å². The van der Waals surface area contributed by atoms with Gasteiger partial charge in [-0.2, -0.15) is 0 Å². The van der Waals surface area contributed by atoms with E-state index in [1.165, 1.54) is 36.3 Å². The number of aliphatic hydroxyl groups excluding tert-OH is 1. The Bertz CT molecular complexity index is 630. The Hall–Kier alpha value is -2.24. The third-order valence-electron chi connectivity index (χ3n) is 3.64. The molecule has 0 heterocycles. The summed E-state index contributed by atoms with van der Waals surface area (Å²) in [5.41, 5.74) is 1.31. The third-order valence-corrected chi connectivity index (χ3v) is 3.64. The average molecular weight is 317 g/mol. The van der Waals surface area contributed by atoms with Crippen molar-refractivity contribution in [2.24, 2.45) is 0 Å². The van der Waals surface area contributed by atoms with Crippen LogP contribution in [-0.2, 0) is 9.53 Å². The lowest BCUT2D eigenvalue weighted by Crippen LogP contribution is -2.35. The molecular weight excluding hydrogens is 297 g/mol. The maximum atomic E-state index is 12.9. The smallest absolute Gasteiger partial charge is 0.256 e. The molecule has 0 saturated heterocycles. The number of halogens is 1. The number of ether oxygens (including phenoxy) is 1. The van der Waals surface area contributed by atoms with E-state index in [0.717, 1.165) is 5.56 Å². The first kappa shape index (κ1) is 17.1. The minimum absolute atomic E-state index is 0.0944. The summed E-state index contributed by atoms with van der Waals surface area (Å²) in [6, 6.07) is 14.7. The molecule has 0 radical (unpaired) electrons. The number of rotatable bonds is 6. The van der Waals surface area contributed by atoms with Crippen molar-refractivity contribution in [1.29, 1.82) is 0 Å². The second kappa shape index (κ2) is 7.85. The second-order valence-corrected chi connectivity index (χ2v) is 5.31. The number of likely N-dealkylation sites (N-methyl/N-ethyl adjacent to an activating group) is 1. The highest BCUT2D eigenvalue weighted by Gasteiger charge is 2.25.